The molecule has 0 atom stereocenters. The van der Waals surface area contributed by atoms with Gasteiger partial charge in [-0.1, -0.05) is 42.5 Å². The van der Waals surface area contributed by atoms with Gasteiger partial charge in [-0.15, -0.1) is 5.75 Å². The van der Waals surface area contributed by atoms with Crippen molar-refractivity contribution in [2.24, 2.45) is 0 Å². The summed E-state index contributed by atoms with van der Waals surface area (Å²) in [5.74, 6) is -0.348. The molecule has 0 aliphatic heterocycles. The largest absolute Gasteiger partial charge is 1.00 e. The van der Waals surface area contributed by atoms with E-state index < -0.39 is 10.1 Å². The molecule has 0 radical (unpaired) electrons. The predicted molar refractivity (Wildman–Crippen MR) is 99.0 cm³/mol. The van der Waals surface area contributed by atoms with Gasteiger partial charge in [-0.25, -0.2) is 8.42 Å². The Hall–Kier alpha value is -1.32. The molecule has 0 fully saturated rings. The Kier molecular flexibility index (Phi) is 7.38. The fraction of sp³-hybridized carbons (Fsp3) is 0.0952. The monoisotopic (exact) mass is 419 g/mol. The average molecular weight is 420 g/mol. The SMILES string of the molecule is CC1=CC(=O)C=C/C1=C(\c1ccc([O-])cc1C)c1ccccc1S(=O)(=O)[O-].[K+]. The average Bonchev–Trinajstić information content (AvgIpc) is 2.58. The third kappa shape index (κ3) is 4.80. The van der Waals surface area contributed by atoms with Crippen LogP contribution >= 0.6 is 0 Å². The first-order valence-electron chi connectivity index (χ1n) is 8.17. The van der Waals surface area contributed by atoms with E-state index in [0.29, 0.717) is 27.8 Å². The van der Waals surface area contributed by atoms with Gasteiger partial charge in [0.05, 0.1) is 4.90 Å². The van der Waals surface area contributed by atoms with Gasteiger partial charge in [-0.05, 0) is 59.9 Å². The zero-order chi connectivity index (χ0) is 19.8. The fourth-order valence-electron chi connectivity index (χ4n) is 3.16. The van der Waals surface area contributed by atoms with Gasteiger partial charge in [-0.3, -0.25) is 4.79 Å². The van der Waals surface area contributed by atoms with Gasteiger partial charge >= 0.3 is 51.4 Å². The summed E-state index contributed by atoms with van der Waals surface area (Å²) in [6, 6.07) is 10.4. The van der Waals surface area contributed by atoms with Crippen LogP contribution < -0.4 is 56.5 Å². The Bertz CT molecular complexity index is 1140. The Morgan fingerprint density at radius 1 is 0.964 bits per heavy atom. The van der Waals surface area contributed by atoms with E-state index in [2.05, 4.69) is 0 Å². The van der Waals surface area contributed by atoms with Crippen molar-refractivity contribution in [3.8, 4) is 5.75 Å². The minimum absolute atomic E-state index is 0. The number of carbonyl (C=O) groups is 1. The van der Waals surface area contributed by atoms with Gasteiger partial charge in [0.2, 0.25) is 0 Å². The molecule has 0 spiro atoms. The van der Waals surface area contributed by atoms with E-state index in [9.17, 15) is 22.9 Å². The van der Waals surface area contributed by atoms with Crippen molar-refractivity contribution in [3.63, 3.8) is 0 Å². The van der Waals surface area contributed by atoms with E-state index in [1.165, 1.54) is 36.4 Å². The number of hydrogen-bond acceptors (Lipinski definition) is 5. The van der Waals surface area contributed by atoms with Crippen LogP contribution in [0.15, 0.2) is 76.7 Å². The van der Waals surface area contributed by atoms with Gasteiger partial charge < -0.3 is 9.66 Å². The number of allylic oxidation sites excluding steroid dienone is 5. The van der Waals surface area contributed by atoms with Crippen LogP contribution in [0.5, 0.6) is 5.75 Å². The Morgan fingerprint density at radius 2 is 1.64 bits per heavy atom. The van der Waals surface area contributed by atoms with Crippen molar-refractivity contribution >= 4 is 21.5 Å². The molecule has 3 rings (SSSR count). The summed E-state index contributed by atoms with van der Waals surface area (Å²) in [5.41, 5.74) is 3.23. The fourth-order valence-corrected chi connectivity index (χ4v) is 3.84. The molecule has 2 aromatic rings. The molecule has 5 nitrogen and oxygen atoms in total. The van der Waals surface area contributed by atoms with Gasteiger partial charge in [-0.2, -0.15) is 0 Å². The second kappa shape index (κ2) is 9.00. The minimum atomic E-state index is -4.73. The molecule has 2 aromatic carbocycles. The summed E-state index contributed by atoms with van der Waals surface area (Å²) < 4.78 is 35.5. The van der Waals surface area contributed by atoms with Crippen molar-refractivity contribution in [1.29, 1.82) is 0 Å². The van der Waals surface area contributed by atoms with Gasteiger partial charge in [0.1, 0.15) is 10.1 Å². The van der Waals surface area contributed by atoms with Crippen molar-refractivity contribution in [3.05, 3.63) is 88.5 Å². The number of rotatable bonds is 3. The first-order chi connectivity index (χ1) is 12.7. The molecule has 28 heavy (non-hydrogen) atoms. The third-order valence-corrected chi connectivity index (χ3v) is 5.25. The van der Waals surface area contributed by atoms with E-state index in [1.807, 2.05) is 0 Å². The van der Waals surface area contributed by atoms with Crippen LogP contribution in [0.25, 0.3) is 5.57 Å². The first kappa shape index (κ1) is 23.0. The molecular weight excluding hydrogens is 403 g/mol. The minimum Gasteiger partial charge on any atom is -0.872 e. The molecule has 0 heterocycles. The van der Waals surface area contributed by atoms with Crippen molar-refractivity contribution in [1.82, 2.24) is 0 Å². The Balaban J connectivity index is 0.00000280. The van der Waals surface area contributed by atoms with Crippen LogP contribution in [0, 0.1) is 6.92 Å². The van der Waals surface area contributed by atoms with Gasteiger partial charge in [0, 0.05) is 5.56 Å². The van der Waals surface area contributed by atoms with Crippen molar-refractivity contribution < 1.29 is 74.3 Å². The summed E-state index contributed by atoms with van der Waals surface area (Å²) in [7, 11) is -4.73. The number of ketones is 1. The van der Waals surface area contributed by atoms with E-state index in [-0.39, 0.29) is 73.4 Å². The van der Waals surface area contributed by atoms with Gasteiger partial charge in [0.15, 0.2) is 5.78 Å². The second-order valence-corrected chi connectivity index (χ2v) is 7.63. The number of aryl methyl sites for hydroxylation is 1. The zero-order valence-electron chi connectivity index (χ0n) is 15.7. The number of carbonyl (C=O) groups excluding carboxylic acids is 1. The predicted octanol–water partition coefficient (Wildman–Crippen LogP) is -0.136. The second-order valence-electron chi connectivity index (χ2n) is 6.28. The first-order valence-corrected chi connectivity index (χ1v) is 9.57. The van der Waals surface area contributed by atoms with Crippen LogP contribution in [0.1, 0.15) is 23.6 Å². The maximum Gasteiger partial charge on any atom is 1.00 e. The number of benzene rings is 2. The number of hydrogen-bond donors (Lipinski definition) is 0. The zero-order valence-corrected chi connectivity index (χ0v) is 19.7. The molecule has 1 aliphatic carbocycles. The summed E-state index contributed by atoms with van der Waals surface area (Å²) in [4.78, 5) is 11.3. The summed E-state index contributed by atoms with van der Waals surface area (Å²) >= 11 is 0. The molecule has 0 unspecified atom stereocenters. The topological polar surface area (TPSA) is 97.3 Å². The maximum absolute atomic E-state index is 11.8. The smallest absolute Gasteiger partial charge is 0.872 e. The van der Waals surface area contributed by atoms with Crippen LogP contribution in [-0.2, 0) is 14.9 Å². The molecule has 138 valence electrons. The van der Waals surface area contributed by atoms with E-state index >= 15 is 0 Å². The van der Waals surface area contributed by atoms with Crippen molar-refractivity contribution in [2.45, 2.75) is 18.7 Å². The molecular formula is C21H16KO5S-. The molecule has 1 aliphatic rings. The van der Waals surface area contributed by atoms with E-state index in [1.54, 1.807) is 38.1 Å². The summed E-state index contributed by atoms with van der Waals surface area (Å²) in [6.07, 6.45) is 4.43. The molecule has 0 bridgehead atoms. The summed E-state index contributed by atoms with van der Waals surface area (Å²) in [6.45, 7) is 3.48. The quantitative estimate of drug-likeness (QED) is 0.510. The van der Waals surface area contributed by atoms with Crippen LogP contribution in [0.2, 0.25) is 0 Å². The van der Waals surface area contributed by atoms with Crippen LogP contribution in [0.4, 0.5) is 0 Å². The Labute approximate surface area is 206 Å². The normalized spacial score (nSPS) is 15.7. The molecule has 0 N–H and O–H groups in total. The third-order valence-electron chi connectivity index (χ3n) is 4.36. The van der Waals surface area contributed by atoms with Crippen LogP contribution in [-0.4, -0.2) is 18.8 Å². The summed E-state index contributed by atoms with van der Waals surface area (Å²) in [5, 5.41) is 11.7. The standard InChI is InChI=1S/C21H18O5S.K/c1-13-11-15(22)7-9-17(13)21(18-10-8-16(23)12-14(18)2)19-5-3-4-6-20(19)27(24,25)26;/h3-12,22H,1-2H3,(H,24,25,26);/q;+1/p-2/b21-18-;. The maximum atomic E-state index is 11.8. The van der Waals surface area contributed by atoms with Crippen LogP contribution in [0.3, 0.4) is 0 Å². The van der Waals surface area contributed by atoms with Gasteiger partial charge in [0.25, 0.3) is 0 Å². The molecule has 0 aromatic heterocycles. The molecule has 0 saturated heterocycles. The van der Waals surface area contributed by atoms with Crippen molar-refractivity contribution in [2.75, 3.05) is 0 Å². The molecule has 0 amide bonds. The molecule has 7 heteroatoms. The Morgan fingerprint density at radius 3 is 2.25 bits per heavy atom. The van der Waals surface area contributed by atoms with E-state index in [4.69, 9.17) is 0 Å². The molecule has 0 saturated carbocycles. The van der Waals surface area contributed by atoms with E-state index in [0.717, 1.165) is 0 Å².